The fourth-order valence-corrected chi connectivity index (χ4v) is 3.63. The van der Waals surface area contributed by atoms with Gasteiger partial charge in [0.15, 0.2) is 0 Å². The van der Waals surface area contributed by atoms with Crippen LogP contribution in [0.5, 0.6) is 0 Å². The first-order chi connectivity index (χ1) is 7.81. The summed E-state index contributed by atoms with van der Waals surface area (Å²) in [4.78, 5) is 2.60. The highest BCUT2D eigenvalue weighted by atomic mass is 35.5. The van der Waals surface area contributed by atoms with E-state index in [2.05, 4.69) is 24.0 Å². The Morgan fingerprint density at radius 1 is 1.38 bits per heavy atom. The van der Waals surface area contributed by atoms with E-state index in [1.165, 1.54) is 37.9 Å². The van der Waals surface area contributed by atoms with Gasteiger partial charge in [0.05, 0.1) is 0 Å². The third-order valence-electron chi connectivity index (χ3n) is 4.05. The highest BCUT2D eigenvalue weighted by Gasteiger charge is 2.40. The minimum absolute atomic E-state index is 0.758. The monoisotopic (exact) mass is 235 g/mol. The fraction of sp³-hybridized carbons (Fsp3) is 0.571. The van der Waals surface area contributed by atoms with Crippen molar-refractivity contribution in [2.24, 2.45) is 0 Å². The van der Waals surface area contributed by atoms with Gasteiger partial charge >= 0.3 is 0 Å². The molecular formula is C14H18ClN. The van der Waals surface area contributed by atoms with Gasteiger partial charge in [0.2, 0.25) is 0 Å². The third kappa shape index (κ3) is 1.45. The maximum atomic E-state index is 6.12. The van der Waals surface area contributed by atoms with Crippen LogP contribution in [0.25, 0.3) is 0 Å². The second-order valence-electron chi connectivity index (χ2n) is 5.00. The zero-order valence-electron chi connectivity index (χ0n) is 9.75. The van der Waals surface area contributed by atoms with Gasteiger partial charge in [0.25, 0.3) is 0 Å². The van der Waals surface area contributed by atoms with Gasteiger partial charge in [-0.2, -0.15) is 0 Å². The molecule has 1 aliphatic heterocycles. The molecule has 2 atom stereocenters. The molecule has 0 aromatic heterocycles. The van der Waals surface area contributed by atoms with Gasteiger partial charge in [-0.15, -0.1) is 0 Å². The average molecular weight is 236 g/mol. The van der Waals surface area contributed by atoms with Gasteiger partial charge in [-0.1, -0.05) is 31.0 Å². The quantitative estimate of drug-likeness (QED) is 0.743. The largest absolute Gasteiger partial charge is 0.368 e. The van der Waals surface area contributed by atoms with Crippen LogP contribution < -0.4 is 4.90 Å². The second-order valence-corrected chi connectivity index (χ2v) is 5.44. The summed E-state index contributed by atoms with van der Waals surface area (Å²) in [6.07, 6.45) is 5.32. The molecule has 3 rings (SSSR count). The van der Waals surface area contributed by atoms with Crippen LogP contribution in [-0.2, 0) is 0 Å². The van der Waals surface area contributed by atoms with Crippen LogP contribution in [0, 0.1) is 0 Å². The predicted molar refractivity (Wildman–Crippen MR) is 69.5 cm³/mol. The van der Waals surface area contributed by atoms with E-state index in [1.54, 1.807) is 5.56 Å². The molecule has 0 amide bonds. The van der Waals surface area contributed by atoms with Crippen LogP contribution in [0.1, 0.15) is 44.1 Å². The van der Waals surface area contributed by atoms with Gasteiger partial charge in [-0.3, -0.25) is 0 Å². The Labute approximate surface area is 102 Å². The van der Waals surface area contributed by atoms with E-state index in [0.717, 1.165) is 17.0 Å². The molecule has 0 unspecified atom stereocenters. The van der Waals surface area contributed by atoms with Crippen molar-refractivity contribution in [1.29, 1.82) is 0 Å². The summed E-state index contributed by atoms with van der Waals surface area (Å²) in [5.74, 6) is 0.777. The molecule has 2 heteroatoms. The summed E-state index contributed by atoms with van der Waals surface area (Å²) < 4.78 is 0. The van der Waals surface area contributed by atoms with Crippen molar-refractivity contribution in [3.05, 3.63) is 28.8 Å². The van der Waals surface area contributed by atoms with Crippen LogP contribution in [-0.4, -0.2) is 12.6 Å². The summed E-state index contributed by atoms with van der Waals surface area (Å²) in [6, 6.07) is 7.21. The van der Waals surface area contributed by atoms with Gasteiger partial charge in [0, 0.05) is 29.2 Å². The van der Waals surface area contributed by atoms with Gasteiger partial charge in [-0.05, 0) is 37.0 Å². The maximum Gasteiger partial charge on any atom is 0.0426 e. The fourth-order valence-electron chi connectivity index (χ4n) is 3.46. The SMILES string of the molecule is CCCN1c2cc(Cl)ccc2[C@@H]2CCC[C@@H]21. The zero-order valence-corrected chi connectivity index (χ0v) is 10.5. The van der Waals surface area contributed by atoms with Crippen molar-refractivity contribution in [3.8, 4) is 0 Å². The number of nitrogens with zero attached hydrogens (tertiary/aromatic N) is 1. The van der Waals surface area contributed by atoms with Crippen LogP contribution in [0.3, 0.4) is 0 Å². The molecule has 1 fully saturated rings. The van der Waals surface area contributed by atoms with E-state index >= 15 is 0 Å². The molecule has 1 aliphatic carbocycles. The van der Waals surface area contributed by atoms with E-state index in [-0.39, 0.29) is 0 Å². The molecule has 1 aromatic carbocycles. The number of rotatable bonds is 2. The van der Waals surface area contributed by atoms with E-state index in [4.69, 9.17) is 11.6 Å². The predicted octanol–water partition coefficient (Wildman–Crippen LogP) is 4.21. The Morgan fingerprint density at radius 2 is 2.25 bits per heavy atom. The third-order valence-corrected chi connectivity index (χ3v) is 4.28. The highest BCUT2D eigenvalue weighted by Crippen LogP contribution is 2.49. The number of halogens is 1. The molecule has 2 aliphatic rings. The molecule has 0 spiro atoms. The van der Waals surface area contributed by atoms with Crippen molar-refractivity contribution >= 4 is 17.3 Å². The minimum Gasteiger partial charge on any atom is -0.368 e. The lowest BCUT2D eigenvalue weighted by Gasteiger charge is -2.26. The van der Waals surface area contributed by atoms with Crippen LogP contribution in [0.4, 0.5) is 5.69 Å². The molecule has 16 heavy (non-hydrogen) atoms. The molecule has 0 N–H and O–H groups in total. The topological polar surface area (TPSA) is 3.24 Å². The first kappa shape index (κ1) is 10.5. The van der Waals surface area contributed by atoms with Gasteiger partial charge in [0.1, 0.15) is 0 Å². The van der Waals surface area contributed by atoms with E-state index in [1.807, 2.05) is 6.07 Å². The first-order valence-corrected chi connectivity index (χ1v) is 6.75. The van der Waals surface area contributed by atoms with Crippen LogP contribution >= 0.6 is 11.6 Å². The summed E-state index contributed by atoms with van der Waals surface area (Å²) in [5.41, 5.74) is 2.95. The first-order valence-electron chi connectivity index (χ1n) is 6.37. The Hall–Kier alpha value is -0.690. The Kier molecular flexibility index (Phi) is 2.59. The molecule has 1 aromatic rings. The lowest BCUT2D eigenvalue weighted by Crippen LogP contribution is -2.31. The second kappa shape index (κ2) is 3.96. The smallest absolute Gasteiger partial charge is 0.0426 e. The molecule has 86 valence electrons. The zero-order chi connectivity index (χ0) is 11.1. The lowest BCUT2D eigenvalue weighted by atomic mass is 9.98. The van der Waals surface area contributed by atoms with E-state index in [0.29, 0.717) is 0 Å². The van der Waals surface area contributed by atoms with E-state index < -0.39 is 0 Å². The number of fused-ring (bicyclic) bond motifs is 3. The molecule has 0 radical (unpaired) electrons. The average Bonchev–Trinajstić information content (AvgIpc) is 2.82. The number of hydrogen-bond donors (Lipinski definition) is 0. The lowest BCUT2D eigenvalue weighted by molar-refractivity contribution is 0.586. The summed E-state index contributed by atoms with van der Waals surface area (Å²) >= 11 is 6.12. The van der Waals surface area contributed by atoms with Crippen molar-refractivity contribution in [3.63, 3.8) is 0 Å². The van der Waals surface area contributed by atoms with Crippen molar-refractivity contribution in [2.75, 3.05) is 11.4 Å². The van der Waals surface area contributed by atoms with E-state index in [9.17, 15) is 0 Å². The number of hydrogen-bond acceptors (Lipinski definition) is 1. The molecule has 1 heterocycles. The Morgan fingerprint density at radius 3 is 3.06 bits per heavy atom. The standard InChI is InChI=1S/C14H18ClN/c1-2-8-16-13-5-3-4-11(13)12-7-6-10(15)9-14(12)16/h6-7,9,11,13H,2-5,8H2,1H3/t11-,13-/m0/s1. The van der Waals surface area contributed by atoms with Crippen LogP contribution in [0.2, 0.25) is 5.02 Å². The number of benzene rings is 1. The minimum atomic E-state index is 0.758. The van der Waals surface area contributed by atoms with Crippen molar-refractivity contribution in [1.82, 2.24) is 0 Å². The maximum absolute atomic E-state index is 6.12. The Balaban J connectivity index is 2.04. The highest BCUT2D eigenvalue weighted by molar-refractivity contribution is 6.30. The summed E-state index contributed by atoms with van der Waals surface area (Å²) in [6.45, 7) is 3.43. The molecule has 1 nitrogen and oxygen atoms in total. The molecular weight excluding hydrogens is 218 g/mol. The molecule has 0 bridgehead atoms. The molecule has 0 saturated heterocycles. The van der Waals surface area contributed by atoms with Crippen molar-refractivity contribution < 1.29 is 0 Å². The number of anilines is 1. The molecule has 1 saturated carbocycles. The van der Waals surface area contributed by atoms with Gasteiger partial charge in [-0.25, -0.2) is 0 Å². The summed E-state index contributed by atoms with van der Waals surface area (Å²) in [7, 11) is 0. The normalized spacial score (nSPS) is 27.0. The Bertz CT molecular complexity index is 402. The van der Waals surface area contributed by atoms with Crippen molar-refractivity contribution in [2.45, 2.75) is 44.6 Å². The summed E-state index contributed by atoms with van der Waals surface area (Å²) in [5, 5.41) is 0.875. The van der Waals surface area contributed by atoms with Gasteiger partial charge < -0.3 is 4.90 Å². The van der Waals surface area contributed by atoms with Crippen LogP contribution in [0.15, 0.2) is 18.2 Å².